The van der Waals surface area contributed by atoms with Crippen molar-refractivity contribution in [2.24, 2.45) is 4.99 Å². The second kappa shape index (κ2) is 10.4. The highest BCUT2D eigenvalue weighted by Crippen LogP contribution is 2.16. The second-order valence-electron chi connectivity index (χ2n) is 7.39. The minimum atomic E-state index is -0.318. The van der Waals surface area contributed by atoms with Gasteiger partial charge in [-0.15, -0.1) is 0 Å². The van der Waals surface area contributed by atoms with Crippen molar-refractivity contribution < 1.29 is 18.7 Å². The van der Waals surface area contributed by atoms with E-state index in [0.29, 0.717) is 32.0 Å². The molecule has 0 aliphatic carbocycles. The minimum Gasteiger partial charge on any atom is -0.489 e. The van der Waals surface area contributed by atoms with E-state index in [1.165, 1.54) is 12.1 Å². The number of aliphatic imine (C=N–C) groups is 1. The topological polar surface area (TPSA) is 66.4 Å². The maximum Gasteiger partial charge on any atom is 0.251 e. The molecule has 0 radical (unpaired) electrons. The summed E-state index contributed by atoms with van der Waals surface area (Å²) in [6, 6.07) is 6.12. The van der Waals surface area contributed by atoms with Crippen molar-refractivity contribution in [3.8, 4) is 5.75 Å². The Labute approximate surface area is 171 Å². The number of carbonyl (C=O) groups is 1. The van der Waals surface area contributed by atoms with Gasteiger partial charge in [0.1, 0.15) is 23.8 Å². The smallest absolute Gasteiger partial charge is 0.251 e. The number of nitrogens with zero attached hydrogens (tertiary/aromatic N) is 3. The fourth-order valence-electron chi connectivity index (χ4n) is 3.57. The van der Waals surface area contributed by atoms with Crippen LogP contribution < -0.4 is 10.1 Å². The molecule has 1 amide bonds. The average Bonchev–Trinajstić information content (AvgIpc) is 3.25. The lowest BCUT2D eigenvalue weighted by Crippen LogP contribution is -2.55. The number of hydrogen-bond donors (Lipinski definition) is 1. The Morgan fingerprint density at radius 3 is 2.76 bits per heavy atom. The molecule has 2 unspecified atom stereocenters. The molecule has 0 saturated carbocycles. The fourth-order valence-corrected chi connectivity index (χ4v) is 3.57. The summed E-state index contributed by atoms with van der Waals surface area (Å²) in [5.41, 5.74) is 0. The van der Waals surface area contributed by atoms with Gasteiger partial charge in [0, 0.05) is 45.4 Å². The lowest BCUT2D eigenvalue weighted by molar-refractivity contribution is -0.142. The third-order valence-electron chi connectivity index (χ3n) is 5.06. The second-order valence-corrected chi connectivity index (χ2v) is 7.39. The van der Waals surface area contributed by atoms with Crippen LogP contribution >= 0.6 is 0 Å². The first-order valence-electron chi connectivity index (χ1n) is 10.4. The van der Waals surface area contributed by atoms with Gasteiger partial charge in [0.15, 0.2) is 5.96 Å². The van der Waals surface area contributed by atoms with Gasteiger partial charge in [-0.25, -0.2) is 9.38 Å². The molecule has 2 aliphatic rings. The standard InChI is InChI=1S/C21H31FN4O3/c1-3-23-21(24-15-16(2)29-18-7-4-6-17(22)14-18)26-11-9-25(10-12-26)20(27)19-8-5-13-28-19/h4,6-7,14,16,19H,3,5,8-13,15H2,1-2H3,(H,23,24). The summed E-state index contributed by atoms with van der Waals surface area (Å²) in [6.07, 6.45) is 1.34. The molecule has 2 aliphatic heterocycles. The molecule has 29 heavy (non-hydrogen) atoms. The molecule has 2 saturated heterocycles. The Morgan fingerprint density at radius 1 is 1.34 bits per heavy atom. The Morgan fingerprint density at radius 2 is 2.10 bits per heavy atom. The predicted octanol–water partition coefficient (Wildman–Crippen LogP) is 1.88. The third-order valence-corrected chi connectivity index (χ3v) is 5.06. The van der Waals surface area contributed by atoms with Crippen LogP contribution in [-0.4, -0.2) is 79.7 Å². The Hall–Kier alpha value is -2.35. The summed E-state index contributed by atoms with van der Waals surface area (Å²) in [4.78, 5) is 21.3. The first-order valence-corrected chi connectivity index (χ1v) is 10.4. The van der Waals surface area contributed by atoms with Crippen LogP contribution in [0.2, 0.25) is 0 Å². The zero-order valence-electron chi connectivity index (χ0n) is 17.3. The number of hydrogen-bond acceptors (Lipinski definition) is 4. The van der Waals surface area contributed by atoms with Crippen LogP contribution in [0.3, 0.4) is 0 Å². The van der Waals surface area contributed by atoms with Crippen molar-refractivity contribution in [3.63, 3.8) is 0 Å². The molecule has 2 atom stereocenters. The molecule has 3 rings (SSSR count). The lowest BCUT2D eigenvalue weighted by atomic mass is 10.2. The first-order chi connectivity index (χ1) is 14.1. The number of rotatable bonds is 6. The van der Waals surface area contributed by atoms with Crippen molar-refractivity contribution in [1.29, 1.82) is 0 Å². The lowest BCUT2D eigenvalue weighted by Gasteiger charge is -2.37. The summed E-state index contributed by atoms with van der Waals surface area (Å²) in [5.74, 6) is 1.11. The van der Waals surface area contributed by atoms with Crippen LogP contribution in [0.25, 0.3) is 0 Å². The molecular formula is C21H31FN4O3. The Kier molecular flexibility index (Phi) is 7.69. The van der Waals surface area contributed by atoms with Gasteiger partial charge in [-0.1, -0.05) is 6.07 Å². The van der Waals surface area contributed by atoms with Gasteiger partial charge in [-0.05, 0) is 38.8 Å². The highest BCUT2D eigenvalue weighted by molar-refractivity contribution is 5.82. The minimum absolute atomic E-state index is 0.112. The van der Waals surface area contributed by atoms with Crippen LogP contribution in [0.15, 0.2) is 29.3 Å². The Bertz CT molecular complexity index is 701. The SMILES string of the molecule is CCNC(=NCC(C)Oc1cccc(F)c1)N1CCN(C(=O)C2CCCO2)CC1. The molecule has 1 aromatic carbocycles. The van der Waals surface area contributed by atoms with Crippen LogP contribution in [-0.2, 0) is 9.53 Å². The molecule has 0 bridgehead atoms. The van der Waals surface area contributed by atoms with Gasteiger partial charge in [0.2, 0.25) is 0 Å². The van der Waals surface area contributed by atoms with E-state index in [1.807, 2.05) is 18.7 Å². The van der Waals surface area contributed by atoms with Crippen LogP contribution in [0.1, 0.15) is 26.7 Å². The molecule has 1 aromatic rings. The van der Waals surface area contributed by atoms with Gasteiger partial charge >= 0.3 is 0 Å². The van der Waals surface area contributed by atoms with Gasteiger partial charge in [0.05, 0.1) is 6.54 Å². The number of carbonyl (C=O) groups excluding carboxylic acids is 1. The fraction of sp³-hybridized carbons (Fsp3) is 0.619. The number of amides is 1. The monoisotopic (exact) mass is 406 g/mol. The van der Waals surface area contributed by atoms with Gasteiger partial charge < -0.3 is 24.6 Å². The summed E-state index contributed by atoms with van der Waals surface area (Å²) < 4.78 is 24.6. The van der Waals surface area contributed by atoms with E-state index in [1.54, 1.807) is 12.1 Å². The maximum atomic E-state index is 13.3. The summed E-state index contributed by atoms with van der Waals surface area (Å²) in [5, 5.41) is 3.31. The highest BCUT2D eigenvalue weighted by Gasteiger charge is 2.30. The van der Waals surface area contributed by atoms with Crippen LogP contribution in [0.4, 0.5) is 4.39 Å². The molecule has 2 heterocycles. The highest BCUT2D eigenvalue weighted by atomic mass is 19.1. The Balaban J connectivity index is 1.51. The van der Waals surface area contributed by atoms with Crippen LogP contribution in [0.5, 0.6) is 5.75 Å². The molecule has 0 aromatic heterocycles. The first kappa shape index (κ1) is 21.4. The van der Waals surface area contributed by atoms with E-state index >= 15 is 0 Å². The van der Waals surface area contributed by atoms with E-state index in [2.05, 4.69) is 15.2 Å². The van der Waals surface area contributed by atoms with E-state index in [4.69, 9.17) is 9.47 Å². The molecular weight excluding hydrogens is 375 g/mol. The summed E-state index contributed by atoms with van der Waals surface area (Å²) in [6.45, 7) is 8.61. The van der Waals surface area contributed by atoms with E-state index in [9.17, 15) is 9.18 Å². The van der Waals surface area contributed by atoms with Gasteiger partial charge in [0.25, 0.3) is 5.91 Å². The summed E-state index contributed by atoms with van der Waals surface area (Å²) >= 11 is 0. The number of benzene rings is 1. The molecule has 160 valence electrons. The maximum absolute atomic E-state index is 13.3. The summed E-state index contributed by atoms with van der Waals surface area (Å²) in [7, 11) is 0. The molecule has 1 N–H and O–H groups in total. The van der Waals surface area contributed by atoms with Crippen LogP contribution in [0, 0.1) is 5.82 Å². The third kappa shape index (κ3) is 6.06. The quantitative estimate of drug-likeness (QED) is 0.577. The number of guanidine groups is 1. The number of piperazine rings is 1. The van der Waals surface area contributed by atoms with Crippen molar-refractivity contribution in [3.05, 3.63) is 30.1 Å². The zero-order chi connectivity index (χ0) is 20.6. The van der Waals surface area contributed by atoms with Gasteiger partial charge in [-0.3, -0.25) is 4.79 Å². The van der Waals surface area contributed by atoms with Crippen molar-refractivity contribution in [1.82, 2.24) is 15.1 Å². The average molecular weight is 407 g/mol. The van der Waals surface area contributed by atoms with E-state index in [-0.39, 0.29) is 23.9 Å². The van der Waals surface area contributed by atoms with E-state index in [0.717, 1.165) is 38.4 Å². The molecule has 7 nitrogen and oxygen atoms in total. The van der Waals surface area contributed by atoms with E-state index < -0.39 is 0 Å². The molecule has 2 fully saturated rings. The normalized spacial score (nSPS) is 21.2. The van der Waals surface area contributed by atoms with Crippen molar-refractivity contribution in [2.75, 3.05) is 45.9 Å². The van der Waals surface area contributed by atoms with Gasteiger partial charge in [-0.2, -0.15) is 0 Å². The molecule has 0 spiro atoms. The largest absolute Gasteiger partial charge is 0.489 e. The zero-order valence-corrected chi connectivity index (χ0v) is 17.3. The predicted molar refractivity (Wildman–Crippen MR) is 110 cm³/mol. The number of ether oxygens (including phenoxy) is 2. The van der Waals surface area contributed by atoms with Crippen molar-refractivity contribution >= 4 is 11.9 Å². The number of halogens is 1. The van der Waals surface area contributed by atoms with Crippen molar-refractivity contribution in [2.45, 2.75) is 38.9 Å². The molecule has 8 heteroatoms. The number of nitrogens with one attached hydrogen (secondary N) is 1.